The van der Waals surface area contributed by atoms with Gasteiger partial charge in [0.2, 0.25) is 5.95 Å². The molecule has 1 saturated carbocycles. The number of rotatable bonds is 7. The topological polar surface area (TPSA) is 90.6 Å². The van der Waals surface area contributed by atoms with E-state index in [1.165, 1.54) is 0 Å². The van der Waals surface area contributed by atoms with Gasteiger partial charge in [0, 0.05) is 38.0 Å². The summed E-state index contributed by atoms with van der Waals surface area (Å²) in [5.74, 6) is 0.945. The van der Waals surface area contributed by atoms with Crippen LogP contribution in [0.2, 0.25) is 25.7 Å². The first-order valence-corrected chi connectivity index (χ1v) is 17.1. The Bertz CT molecular complexity index is 1170. The highest BCUT2D eigenvalue weighted by atomic mass is 127. The van der Waals surface area contributed by atoms with Crippen molar-refractivity contribution in [2.45, 2.75) is 83.7 Å². The molecule has 35 heavy (non-hydrogen) atoms. The Morgan fingerprint density at radius 2 is 2.00 bits per heavy atom. The summed E-state index contributed by atoms with van der Waals surface area (Å²) in [6, 6.07) is 1.15. The van der Waals surface area contributed by atoms with Crippen LogP contribution in [-0.2, 0) is 23.3 Å². The van der Waals surface area contributed by atoms with Gasteiger partial charge in [0.05, 0.1) is 17.5 Å². The highest BCUT2D eigenvalue weighted by molar-refractivity contribution is 14.1. The van der Waals surface area contributed by atoms with E-state index in [0.29, 0.717) is 36.2 Å². The van der Waals surface area contributed by atoms with Crippen LogP contribution in [0.3, 0.4) is 0 Å². The third kappa shape index (κ3) is 5.71. The number of nitrogens with one attached hydrogen (secondary N) is 1. The van der Waals surface area contributed by atoms with Crippen molar-refractivity contribution in [2.24, 2.45) is 13.0 Å². The van der Waals surface area contributed by atoms with Gasteiger partial charge < -0.3 is 24.3 Å². The van der Waals surface area contributed by atoms with Gasteiger partial charge in [-0.3, -0.25) is 9.36 Å². The number of hydrogen-bond acceptors (Lipinski definition) is 6. The number of ether oxygens (including phenoxy) is 2. The number of halogens is 1. The van der Waals surface area contributed by atoms with Crippen LogP contribution in [0, 0.1) is 9.49 Å². The largest absolute Gasteiger partial charge is 0.444 e. The molecule has 2 aromatic heterocycles. The van der Waals surface area contributed by atoms with E-state index in [9.17, 15) is 9.59 Å². The van der Waals surface area contributed by atoms with Crippen LogP contribution in [0.1, 0.15) is 33.6 Å². The summed E-state index contributed by atoms with van der Waals surface area (Å²) in [7, 11) is 0.605. The minimum absolute atomic E-state index is 0.0192. The number of anilines is 1. The molecule has 2 aromatic rings. The summed E-state index contributed by atoms with van der Waals surface area (Å²) in [5.41, 5.74) is 0.0482. The molecule has 0 spiro atoms. The average molecular weight is 616 g/mol. The second kappa shape index (κ2) is 9.69. The second-order valence-corrected chi connectivity index (χ2v) is 18.8. The van der Waals surface area contributed by atoms with Crippen molar-refractivity contribution >= 4 is 53.7 Å². The van der Waals surface area contributed by atoms with E-state index >= 15 is 0 Å². The molecule has 194 valence electrons. The maximum absolute atomic E-state index is 13.4. The molecule has 3 atom stereocenters. The lowest BCUT2D eigenvalue weighted by Gasteiger charge is -2.30. The summed E-state index contributed by atoms with van der Waals surface area (Å²) in [5, 5.41) is 3.71. The molecule has 1 amide bonds. The molecule has 1 aliphatic heterocycles. The number of amides is 1. The quantitative estimate of drug-likeness (QED) is 0.286. The van der Waals surface area contributed by atoms with E-state index < -0.39 is 19.8 Å². The number of nitrogens with zero attached hydrogens (tertiary/aromatic N) is 4. The van der Waals surface area contributed by atoms with E-state index in [-0.39, 0.29) is 17.6 Å². The fourth-order valence-electron chi connectivity index (χ4n) is 5.04. The van der Waals surface area contributed by atoms with Crippen LogP contribution in [0.5, 0.6) is 0 Å². The highest BCUT2D eigenvalue weighted by Gasteiger charge is 2.49. The van der Waals surface area contributed by atoms with Gasteiger partial charge in [-0.05, 0) is 68.2 Å². The SMILES string of the molecule is Cn1c(N2C[C@@H]3CC[C@H]2[C@H]3NC(=O)OC(C)(C)C)nc2c(c(I)cn2COCC[Si](C)(C)C)c1=O. The van der Waals surface area contributed by atoms with E-state index in [2.05, 4.69) is 52.4 Å². The summed E-state index contributed by atoms with van der Waals surface area (Å²) in [6.45, 7) is 14.4. The Balaban J connectivity index is 1.58. The Kier molecular flexibility index (Phi) is 7.33. The van der Waals surface area contributed by atoms with Gasteiger partial charge in [0.1, 0.15) is 12.3 Å². The maximum atomic E-state index is 13.4. The normalized spacial score (nSPS) is 22.3. The number of piperidine rings is 1. The van der Waals surface area contributed by atoms with Gasteiger partial charge in [-0.25, -0.2) is 4.79 Å². The van der Waals surface area contributed by atoms with E-state index in [1.807, 2.05) is 31.5 Å². The summed E-state index contributed by atoms with van der Waals surface area (Å²) >= 11 is 2.20. The van der Waals surface area contributed by atoms with Gasteiger partial charge in [-0.1, -0.05) is 19.6 Å². The molecule has 2 bridgehead atoms. The molecule has 3 heterocycles. The standard InChI is InChI=1S/C24H38IN5O4Si/c1-24(2,3)34-23(32)26-19-15-8-9-17(19)30(12-15)22-27-20-18(21(31)28(22)4)16(25)13-29(20)14-33-10-11-35(5,6)7/h13,15,17,19H,8-12,14H2,1-7H3,(H,26,32)/t15-,17-,19-/m0/s1. The number of fused-ring (bicyclic) bond motifs is 3. The monoisotopic (exact) mass is 615 g/mol. The first-order chi connectivity index (χ1) is 16.2. The molecule has 1 saturated heterocycles. The van der Waals surface area contributed by atoms with Crippen molar-refractivity contribution in [3.63, 3.8) is 0 Å². The maximum Gasteiger partial charge on any atom is 0.407 e. The molecule has 9 nitrogen and oxygen atoms in total. The number of alkyl carbamates (subject to hydrolysis) is 1. The first-order valence-electron chi connectivity index (χ1n) is 12.3. The van der Waals surface area contributed by atoms with Crippen LogP contribution >= 0.6 is 22.6 Å². The third-order valence-electron chi connectivity index (χ3n) is 6.78. The molecule has 0 unspecified atom stereocenters. The third-order valence-corrected chi connectivity index (χ3v) is 9.30. The Hall–Kier alpha value is -1.60. The van der Waals surface area contributed by atoms with Crippen LogP contribution in [0.25, 0.3) is 11.0 Å². The minimum Gasteiger partial charge on any atom is -0.444 e. The van der Waals surface area contributed by atoms with Crippen molar-refractivity contribution in [2.75, 3.05) is 18.1 Å². The van der Waals surface area contributed by atoms with Gasteiger partial charge in [-0.2, -0.15) is 4.98 Å². The zero-order chi connectivity index (χ0) is 25.7. The summed E-state index contributed by atoms with van der Waals surface area (Å²) < 4.78 is 15.9. The summed E-state index contributed by atoms with van der Waals surface area (Å²) in [6.07, 6.45) is 3.53. The highest BCUT2D eigenvalue weighted by Crippen LogP contribution is 2.40. The molecule has 0 radical (unpaired) electrons. The zero-order valence-electron chi connectivity index (χ0n) is 21.9. The van der Waals surface area contributed by atoms with Crippen LogP contribution in [0.15, 0.2) is 11.0 Å². The lowest BCUT2D eigenvalue weighted by Crippen LogP contribution is -2.46. The lowest BCUT2D eigenvalue weighted by atomic mass is 10.1. The lowest BCUT2D eigenvalue weighted by molar-refractivity contribution is 0.0497. The Labute approximate surface area is 221 Å². The van der Waals surface area contributed by atoms with Gasteiger partial charge in [0.25, 0.3) is 5.56 Å². The molecule has 1 aliphatic carbocycles. The van der Waals surface area contributed by atoms with Crippen molar-refractivity contribution < 1.29 is 14.3 Å². The summed E-state index contributed by atoms with van der Waals surface area (Å²) in [4.78, 5) is 33.0. The smallest absolute Gasteiger partial charge is 0.407 e. The van der Waals surface area contributed by atoms with Gasteiger partial charge in [-0.15, -0.1) is 0 Å². The number of aromatic nitrogens is 3. The second-order valence-electron chi connectivity index (χ2n) is 12.0. The van der Waals surface area contributed by atoms with Crippen molar-refractivity contribution in [3.05, 3.63) is 20.1 Å². The number of carbonyl (C=O) groups is 1. The van der Waals surface area contributed by atoms with Crippen molar-refractivity contribution in [1.29, 1.82) is 0 Å². The number of hydrogen-bond donors (Lipinski definition) is 1. The molecular weight excluding hydrogens is 577 g/mol. The minimum atomic E-state index is -1.18. The molecule has 1 N–H and O–H groups in total. The molecule has 2 aliphatic rings. The first kappa shape index (κ1) is 26.5. The fourth-order valence-corrected chi connectivity index (χ4v) is 6.61. The van der Waals surface area contributed by atoms with E-state index in [4.69, 9.17) is 14.5 Å². The van der Waals surface area contributed by atoms with E-state index in [0.717, 1.165) is 29.0 Å². The Morgan fingerprint density at radius 1 is 1.29 bits per heavy atom. The fraction of sp³-hybridized carbons (Fsp3) is 0.708. The van der Waals surface area contributed by atoms with Gasteiger partial charge >= 0.3 is 6.09 Å². The van der Waals surface area contributed by atoms with E-state index in [1.54, 1.807) is 11.6 Å². The molecular formula is C24H38IN5O4Si. The predicted molar refractivity (Wildman–Crippen MR) is 149 cm³/mol. The molecule has 0 aromatic carbocycles. The predicted octanol–water partition coefficient (Wildman–Crippen LogP) is 4.14. The molecule has 11 heteroatoms. The zero-order valence-corrected chi connectivity index (χ0v) is 25.0. The number of carbonyl (C=O) groups excluding carboxylic acids is 1. The molecule has 2 fully saturated rings. The van der Waals surface area contributed by atoms with Crippen LogP contribution in [0.4, 0.5) is 10.7 Å². The van der Waals surface area contributed by atoms with Gasteiger partial charge in [0.15, 0.2) is 5.65 Å². The van der Waals surface area contributed by atoms with Crippen molar-refractivity contribution in [1.82, 2.24) is 19.4 Å². The van der Waals surface area contributed by atoms with Crippen molar-refractivity contribution in [3.8, 4) is 0 Å². The molecule has 4 rings (SSSR count). The van der Waals surface area contributed by atoms with Crippen LogP contribution in [-0.4, -0.2) is 59.1 Å². The Morgan fingerprint density at radius 3 is 2.66 bits per heavy atom. The van der Waals surface area contributed by atoms with Crippen LogP contribution < -0.4 is 15.8 Å². The average Bonchev–Trinajstić information content (AvgIpc) is 3.36.